The first-order valence-corrected chi connectivity index (χ1v) is 6.95. The van der Waals surface area contributed by atoms with Crippen LogP contribution in [0.5, 0.6) is 0 Å². The van der Waals surface area contributed by atoms with Gasteiger partial charge in [0.1, 0.15) is 11.6 Å². The first kappa shape index (κ1) is 14.4. The molecule has 0 spiro atoms. The van der Waals surface area contributed by atoms with Crippen molar-refractivity contribution < 1.29 is 8.78 Å². The van der Waals surface area contributed by atoms with E-state index in [1.165, 1.54) is 25.0 Å². The molecule has 2 atom stereocenters. The van der Waals surface area contributed by atoms with Gasteiger partial charge in [0.25, 0.3) is 0 Å². The molecule has 2 nitrogen and oxygen atoms in total. The smallest absolute Gasteiger partial charge is 0.126 e. The Morgan fingerprint density at radius 3 is 2.42 bits per heavy atom. The summed E-state index contributed by atoms with van der Waals surface area (Å²) in [6.07, 6.45) is 4.73. The molecule has 0 bridgehead atoms. The van der Waals surface area contributed by atoms with Gasteiger partial charge in [-0.05, 0) is 50.0 Å². The van der Waals surface area contributed by atoms with Crippen LogP contribution in [0.4, 0.5) is 8.78 Å². The van der Waals surface area contributed by atoms with E-state index in [1.54, 1.807) is 0 Å². The van der Waals surface area contributed by atoms with Gasteiger partial charge in [-0.1, -0.05) is 12.8 Å². The third kappa shape index (κ3) is 3.74. The van der Waals surface area contributed by atoms with Crippen molar-refractivity contribution in [2.24, 2.45) is 11.7 Å². The van der Waals surface area contributed by atoms with Crippen molar-refractivity contribution in [1.82, 2.24) is 4.90 Å². The third-order valence-corrected chi connectivity index (χ3v) is 4.09. The zero-order valence-electron chi connectivity index (χ0n) is 11.4. The lowest BCUT2D eigenvalue weighted by atomic mass is 9.83. The zero-order chi connectivity index (χ0) is 13.8. The number of halogens is 2. The fourth-order valence-corrected chi connectivity index (χ4v) is 3.15. The third-order valence-electron chi connectivity index (χ3n) is 4.09. The first-order chi connectivity index (χ1) is 9.10. The average molecular weight is 268 g/mol. The quantitative estimate of drug-likeness (QED) is 0.909. The molecule has 2 rings (SSSR count). The number of benzene rings is 1. The molecule has 1 fully saturated rings. The van der Waals surface area contributed by atoms with Crippen LogP contribution in [0.1, 0.15) is 31.2 Å². The highest BCUT2D eigenvalue weighted by atomic mass is 19.1. The summed E-state index contributed by atoms with van der Waals surface area (Å²) in [5, 5.41) is 0. The second-order valence-corrected chi connectivity index (χ2v) is 5.54. The topological polar surface area (TPSA) is 29.3 Å². The Hall–Kier alpha value is -1.00. The highest BCUT2D eigenvalue weighted by molar-refractivity contribution is 5.17. The van der Waals surface area contributed by atoms with E-state index in [4.69, 9.17) is 5.73 Å². The molecule has 19 heavy (non-hydrogen) atoms. The molecule has 2 N–H and O–H groups in total. The maximum absolute atomic E-state index is 13.2. The molecule has 1 aromatic carbocycles. The minimum Gasteiger partial charge on any atom is -0.330 e. The van der Waals surface area contributed by atoms with Gasteiger partial charge in [-0.2, -0.15) is 0 Å². The first-order valence-electron chi connectivity index (χ1n) is 6.95. The van der Waals surface area contributed by atoms with Gasteiger partial charge in [0, 0.05) is 18.7 Å². The molecular weight excluding hydrogens is 246 g/mol. The lowest BCUT2D eigenvalue weighted by molar-refractivity contribution is 0.127. The lowest BCUT2D eigenvalue weighted by Gasteiger charge is -2.37. The molecule has 1 aromatic rings. The van der Waals surface area contributed by atoms with Crippen LogP contribution in [0.25, 0.3) is 0 Å². The van der Waals surface area contributed by atoms with Crippen LogP contribution >= 0.6 is 0 Å². The molecule has 1 aliphatic carbocycles. The summed E-state index contributed by atoms with van der Waals surface area (Å²) < 4.78 is 26.4. The van der Waals surface area contributed by atoms with Crippen molar-refractivity contribution >= 4 is 0 Å². The minimum atomic E-state index is -0.512. The Balaban J connectivity index is 2.04. The Morgan fingerprint density at radius 1 is 1.16 bits per heavy atom. The van der Waals surface area contributed by atoms with Crippen molar-refractivity contribution in [3.8, 4) is 0 Å². The number of nitrogens with two attached hydrogens (primary N) is 1. The van der Waals surface area contributed by atoms with E-state index in [2.05, 4.69) is 4.90 Å². The van der Waals surface area contributed by atoms with Crippen LogP contribution in [0, 0.1) is 17.6 Å². The minimum absolute atomic E-state index is 0.421. The molecule has 0 amide bonds. The van der Waals surface area contributed by atoms with Crippen molar-refractivity contribution in [3.05, 3.63) is 35.4 Å². The normalized spacial score (nSPS) is 23.8. The number of rotatable bonds is 4. The van der Waals surface area contributed by atoms with Gasteiger partial charge in [-0.15, -0.1) is 0 Å². The summed E-state index contributed by atoms with van der Waals surface area (Å²) in [6, 6.07) is 4.14. The SMILES string of the molecule is CN(Cc1cc(F)cc(F)c1)C1CCCCC1CN. The van der Waals surface area contributed by atoms with Crippen molar-refractivity contribution in [2.45, 2.75) is 38.3 Å². The number of hydrogen-bond donors (Lipinski definition) is 1. The van der Waals surface area contributed by atoms with Gasteiger partial charge in [0.2, 0.25) is 0 Å². The molecule has 106 valence electrons. The lowest BCUT2D eigenvalue weighted by Crippen LogP contribution is -2.42. The van der Waals surface area contributed by atoms with Crippen LogP contribution in [0.15, 0.2) is 18.2 Å². The zero-order valence-corrected chi connectivity index (χ0v) is 11.4. The number of nitrogens with zero attached hydrogens (tertiary/aromatic N) is 1. The standard InChI is InChI=1S/C15H22F2N2/c1-19(15-5-3-2-4-12(15)9-18)10-11-6-13(16)8-14(17)7-11/h6-8,12,15H,2-5,9-10,18H2,1H3. The highest BCUT2D eigenvalue weighted by Gasteiger charge is 2.27. The molecule has 0 saturated heterocycles. The molecule has 0 heterocycles. The summed E-state index contributed by atoms with van der Waals surface area (Å²) in [5.41, 5.74) is 6.51. The Morgan fingerprint density at radius 2 is 1.79 bits per heavy atom. The molecule has 0 radical (unpaired) electrons. The van der Waals surface area contributed by atoms with Crippen molar-refractivity contribution in [2.75, 3.05) is 13.6 Å². The molecule has 4 heteroatoms. The fraction of sp³-hybridized carbons (Fsp3) is 0.600. The highest BCUT2D eigenvalue weighted by Crippen LogP contribution is 2.28. The van der Waals surface area contributed by atoms with E-state index in [0.29, 0.717) is 30.6 Å². The molecular formula is C15H22F2N2. The Bertz CT molecular complexity index is 402. The van der Waals surface area contributed by atoms with E-state index in [0.717, 1.165) is 18.9 Å². The summed E-state index contributed by atoms with van der Waals surface area (Å²) in [6.45, 7) is 1.25. The van der Waals surface area contributed by atoms with Gasteiger partial charge in [0.05, 0.1) is 0 Å². The van der Waals surface area contributed by atoms with E-state index >= 15 is 0 Å². The number of hydrogen-bond acceptors (Lipinski definition) is 2. The van der Waals surface area contributed by atoms with Crippen LogP contribution in [0.3, 0.4) is 0 Å². The maximum Gasteiger partial charge on any atom is 0.126 e. The van der Waals surface area contributed by atoms with E-state index in [9.17, 15) is 8.78 Å². The van der Waals surface area contributed by atoms with Crippen LogP contribution in [-0.2, 0) is 6.54 Å². The summed E-state index contributed by atoms with van der Waals surface area (Å²) >= 11 is 0. The van der Waals surface area contributed by atoms with Crippen LogP contribution < -0.4 is 5.73 Å². The summed E-state index contributed by atoms with van der Waals surface area (Å²) in [4.78, 5) is 2.19. The maximum atomic E-state index is 13.2. The summed E-state index contributed by atoms with van der Waals surface area (Å²) in [5.74, 6) is -0.526. The monoisotopic (exact) mass is 268 g/mol. The second kappa shape index (κ2) is 6.44. The van der Waals surface area contributed by atoms with Gasteiger partial charge >= 0.3 is 0 Å². The van der Waals surface area contributed by atoms with Gasteiger partial charge in [0.15, 0.2) is 0 Å². The summed E-state index contributed by atoms with van der Waals surface area (Å²) in [7, 11) is 2.02. The van der Waals surface area contributed by atoms with Gasteiger partial charge < -0.3 is 5.73 Å². The molecule has 0 aliphatic heterocycles. The molecule has 1 saturated carbocycles. The molecule has 0 aromatic heterocycles. The molecule has 1 aliphatic rings. The van der Waals surface area contributed by atoms with E-state index in [1.807, 2.05) is 7.05 Å². The van der Waals surface area contributed by atoms with Crippen LogP contribution in [0.2, 0.25) is 0 Å². The fourth-order valence-electron chi connectivity index (χ4n) is 3.15. The largest absolute Gasteiger partial charge is 0.330 e. The Labute approximate surface area is 113 Å². The van der Waals surface area contributed by atoms with Gasteiger partial charge in [-0.25, -0.2) is 8.78 Å². The van der Waals surface area contributed by atoms with Crippen molar-refractivity contribution in [1.29, 1.82) is 0 Å². The Kier molecular flexibility index (Phi) is 4.88. The van der Waals surface area contributed by atoms with E-state index < -0.39 is 11.6 Å². The van der Waals surface area contributed by atoms with Gasteiger partial charge in [-0.3, -0.25) is 4.90 Å². The van der Waals surface area contributed by atoms with Crippen molar-refractivity contribution in [3.63, 3.8) is 0 Å². The second-order valence-electron chi connectivity index (χ2n) is 5.54. The average Bonchev–Trinajstić information content (AvgIpc) is 2.37. The predicted molar refractivity (Wildman–Crippen MR) is 72.6 cm³/mol. The molecule has 2 unspecified atom stereocenters. The van der Waals surface area contributed by atoms with E-state index in [-0.39, 0.29) is 0 Å². The predicted octanol–water partition coefficient (Wildman–Crippen LogP) is 2.91. The van der Waals surface area contributed by atoms with Crippen LogP contribution in [-0.4, -0.2) is 24.5 Å².